The number of hydrogen-bond donors (Lipinski definition) is 1. The third kappa shape index (κ3) is 2.83. The molecule has 0 aromatic heterocycles. The predicted octanol–water partition coefficient (Wildman–Crippen LogP) is 2.44. The Labute approximate surface area is 98.0 Å². The zero-order valence-corrected chi connectivity index (χ0v) is 10.6. The fourth-order valence-electron chi connectivity index (χ4n) is 2.27. The maximum Gasteiger partial charge on any atom is 0.220 e. The number of amides is 1. The molecule has 1 fully saturated rings. The predicted molar refractivity (Wildman–Crippen MR) is 64.1 cm³/mol. The lowest BCUT2D eigenvalue weighted by atomic mass is 9.75. The molecule has 0 aromatic carbocycles. The first-order valence-corrected chi connectivity index (χ1v) is 6.37. The number of rotatable bonds is 6. The van der Waals surface area contributed by atoms with Gasteiger partial charge in [0.2, 0.25) is 5.91 Å². The first-order valence-electron chi connectivity index (χ1n) is 6.37. The molecule has 0 aromatic rings. The van der Waals surface area contributed by atoms with Crippen LogP contribution in [0.3, 0.4) is 0 Å². The Morgan fingerprint density at radius 2 is 2.19 bits per heavy atom. The van der Waals surface area contributed by atoms with Crippen molar-refractivity contribution < 1.29 is 9.59 Å². The van der Waals surface area contributed by atoms with Gasteiger partial charge in [0.1, 0.15) is 0 Å². The van der Waals surface area contributed by atoms with Crippen LogP contribution in [-0.4, -0.2) is 17.7 Å². The van der Waals surface area contributed by atoms with Gasteiger partial charge in [0.25, 0.3) is 0 Å². The Bertz CT molecular complexity index is 275. The highest BCUT2D eigenvalue weighted by molar-refractivity contribution is 5.95. The molecule has 3 heteroatoms. The van der Waals surface area contributed by atoms with Crippen molar-refractivity contribution in [1.82, 2.24) is 5.32 Å². The van der Waals surface area contributed by atoms with Gasteiger partial charge in [-0.25, -0.2) is 0 Å². The SMILES string of the molecule is CCCCC(C)(CC)C(=O)C1CCC(=O)N1. The molecule has 1 saturated heterocycles. The molecule has 1 N–H and O–H groups in total. The summed E-state index contributed by atoms with van der Waals surface area (Å²) in [4.78, 5) is 23.5. The molecule has 16 heavy (non-hydrogen) atoms. The first kappa shape index (κ1) is 13.2. The zero-order chi connectivity index (χ0) is 12.2. The molecule has 3 nitrogen and oxygen atoms in total. The summed E-state index contributed by atoms with van der Waals surface area (Å²) in [6.07, 6.45) is 5.17. The van der Waals surface area contributed by atoms with Crippen molar-refractivity contribution in [1.29, 1.82) is 0 Å². The molecule has 0 saturated carbocycles. The molecule has 1 aliphatic heterocycles. The van der Waals surface area contributed by atoms with Crippen molar-refractivity contribution in [2.75, 3.05) is 0 Å². The molecule has 0 radical (unpaired) electrons. The minimum atomic E-state index is -0.252. The number of carbonyl (C=O) groups excluding carboxylic acids is 2. The summed E-state index contributed by atoms with van der Waals surface area (Å²) in [5.41, 5.74) is -0.252. The van der Waals surface area contributed by atoms with Crippen molar-refractivity contribution in [3.8, 4) is 0 Å². The summed E-state index contributed by atoms with van der Waals surface area (Å²) in [6, 6.07) is -0.227. The van der Waals surface area contributed by atoms with Gasteiger partial charge in [-0.15, -0.1) is 0 Å². The van der Waals surface area contributed by atoms with Crippen LogP contribution in [0.5, 0.6) is 0 Å². The van der Waals surface area contributed by atoms with E-state index in [1.54, 1.807) is 0 Å². The quantitative estimate of drug-likeness (QED) is 0.754. The highest BCUT2D eigenvalue weighted by Gasteiger charge is 2.38. The minimum Gasteiger partial charge on any atom is -0.346 e. The van der Waals surface area contributed by atoms with E-state index in [0.717, 1.165) is 25.7 Å². The van der Waals surface area contributed by atoms with Crippen LogP contribution in [0.25, 0.3) is 0 Å². The van der Waals surface area contributed by atoms with E-state index in [-0.39, 0.29) is 23.1 Å². The Kier molecular flexibility index (Phi) is 4.51. The van der Waals surface area contributed by atoms with E-state index in [0.29, 0.717) is 12.8 Å². The van der Waals surface area contributed by atoms with Crippen LogP contribution in [0.1, 0.15) is 59.3 Å². The molecule has 2 unspecified atom stereocenters. The van der Waals surface area contributed by atoms with Gasteiger partial charge in [-0.1, -0.05) is 33.6 Å². The van der Waals surface area contributed by atoms with E-state index in [1.807, 2.05) is 6.92 Å². The second-order valence-corrected chi connectivity index (χ2v) is 5.04. The lowest BCUT2D eigenvalue weighted by Gasteiger charge is -2.29. The first-order chi connectivity index (χ1) is 7.53. The Balaban J connectivity index is 2.64. The smallest absolute Gasteiger partial charge is 0.220 e. The van der Waals surface area contributed by atoms with E-state index in [2.05, 4.69) is 19.2 Å². The largest absolute Gasteiger partial charge is 0.346 e. The molecule has 1 amide bonds. The summed E-state index contributed by atoms with van der Waals surface area (Å²) in [6.45, 7) is 6.23. The van der Waals surface area contributed by atoms with Crippen LogP contribution in [-0.2, 0) is 9.59 Å². The fraction of sp³-hybridized carbons (Fsp3) is 0.846. The van der Waals surface area contributed by atoms with Crippen molar-refractivity contribution in [3.63, 3.8) is 0 Å². The van der Waals surface area contributed by atoms with Crippen LogP contribution < -0.4 is 5.32 Å². The molecule has 1 rings (SSSR count). The van der Waals surface area contributed by atoms with E-state index >= 15 is 0 Å². The Hall–Kier alpha value is -0.860. The lowest BCUT2D eigenvalue weighted by molar-refractivity contribution is -0.131. The average Bonchev–Trinajstić information content (AvgIpc) is 2.71. The maximum atomic E-state index is 12.3. The molecule has 1 heterocycles. The summed E-state index contributed by atoms with van der Waals surface area (Å²) in [7, 11) is 0. The average molecular weight is 225 g/mol. The molecular formula is C13H23NO2. The third-order valence-corrected chi connectivity index (χ3v) is 3.77. The van der Waals surface area contributed by atoms with Crippen LogP contribution >= 0.6 is 0 Å². The van der Waals surface area contributed by atoms with Crippen molar-refractivity contribution in [2.24, 2.45) is 5.41 Å². The number of Topliss-reactive ketones (excluding diaryl/α,β-unsaturated/α-hetero) is 1. The van der Waals surface area contributed by atoms with Gasteiger partial charge in [0.15, 0.2) is 5.78 Å². The van der Waals surface area contributed by atoms with E-state index < -0.39 is 0 Å². The number of unbranched alkanes of at least 4 members (excludes halogenated alkanes) is 1. The normalized spacial score (nSPS) is 23.9. The van der Waals surface area contributed by atoms with Crippen LogP contribution in [0.15, 0.2) is 0 Å². The monoisotopic (exact) mass is 225 g/mol. The highest BCUT2D eigenvalue weighted by atomic mass is 16.2. The van der Waals surface area contributed by atoms with Gasteiger partial charge in [-0.2, -0.15) is 0 Å². The van der Waals surface area contributed by atoms with Crippen LogP contribution in [0, 0.1) is 5.41 Å². The van der Waals surface area contributed by atoms with Gasteiger partial charge in [-0.3, -0.25) is 9.59 Å². The summed E-state index contributed by atoms with van der Waals surface area (Å²) in [5.74, 6) is 0.251. The molecule has 0 bridgehead atoms. The molecule has 0 spiro atoms. The minimum absolute atomic E-state index is 0.0206. The van der Waals surface area contributed by atoms with Crippen molar-refractivity contribution in [3.05, 3.63) is 0 Å². The van der Waals surface area contributed by atoms with E-state index in [9.17, 15) is 9.59 Å². The van der Waals surface area contributed by atoms with E-state index in [1.165, 1.54) is 0 Å². The number of nitrogens with one attached hydrogen (secondary N) is 1. The van der Waals surface area contributed by atoms with Gasteiger partial charge >= 0.3 is 0 Å². The number of ketones is 1. The Morgan fingerprint density at radius 1 is 1.50 bits per heavy atom. The molecule has 2 atom stereocenters. The fourth-order valence-corrected chi connectivity index (χ4v) is 2.27. The molecule has 1 aliphatic rings. The second-order valence-electron chi connectivity index (χ2n) is 5.04. The number of hydrogen-bond acceptors (Lipinski definition) is 2. The van der Waals surface area contributed by atoms with Crippen molar-refractivity contribution >= 4 is 11.7 Å². The summed E-state index contributed by atoms with van der Waals surface area (Å²) in [5, 5.41) is 2.78. The molecular weight excluding hydrogens is 202 g/mol. The zero-order valence-electron chi connectivity index (χ0n) is 10.6. The van der Waals surface area contributed by atoms with Crippen LogP contribution in [0.4, 0.5) is 0 Å². The standard InChI is InChI=1S/C13H23NO2/c1-4-6-9-13(3,5-2)12(16)10-7-8-11(15)14-10/h10H,4-9H2,1-3H3,(H,14,15). The topological polar surface area (TPSA) is 46.2 Å². The molecule has 92 valence electrons. The lowest BCUT2D eigenvalue weighted by Crippen LogP contribution is -2.42. The second kappa shape index (κ2) is 5.46. The van der Waals surface area contributed by atoms with Gasteiger partial charge < -0.3 is 5.32 Å². The molecule has 0 aliphatic carbocycles. The van der Waals surface area contributed by atoms with Gasteiger partial charge in [0, 0.05) is 11.8 Å². The summed E-state index contributed by atoms with van der Waals surface area (Å²) < 4.78 is 0. The highest BCUT2D eigenvalue weighted by Crippen LogP contribution is 2.32. The van der Waals surface area contributed by atoms with Gasteiger partial charge in [0.05, 0.1) is 6.04 Å². The summed E-state index contributed by atoms with van der Waals surface area (Å²) >= 11 is 0. The van der Waals surface area contributed by atoms with Crippen molar-refractivity contribution in [2.45, 2.75) is 65.3 Å². The van der Waals surface area contributed by atoms with Crippen LogP contribution in [0.2, 0.25) is 0 Å². The number of carbonyl (C=O) groups is 2. The Morgan fingerprint density at radius 3 is 2.62 bits per heavy atom. The van der Waals surface area contributed by atoms with E-state index in [4.69, 9.17) is 0 Å². The third-order valence-electron chi connectivity index (χ3n) is 3.77. The maximum absolute atomic E-state index is 12.3. The van der Waals surface area contributed by atoms with Gasteiger partial charge in [-0.05, 0) is 19.3 Å².